The van der Waals surface area contributed by atoms with Crippen LogP contribution in [0.4, 0.5) is 0 Å². The highest BCUT2D eigenvalue weighted by Gasteiger charge is 2.63. The summed E-state index contributed by atoms with van der Waals surface area (Å²) in [5, 5.41) is 350. The number of carbonyl (C=O) groups excluding carboxylic acids is 3. The first-order valence-electron chi connectivity index (χ1n) is 39.8. The molecule has 0 aromatic rings. The van der Waals surface area contributed by atoms with E-state index in [4.69, 9.17) is 90.0 Å². The van der Waals surface area contributed by atoms with Gasteiger partial charge < -0.3 is 264 Å². The van der Waals surface area contributed by atoms with Crippen LogP contribution >= 0.6 is 0 Å². The van der Waals surface area contributed by atoms with Crippen LogP contribution in [0.3, 0.4) is 0 Å². The van der Waals surface area contributed by atoms with E-state index in [1.807, 2.05) is 0 Å². The molecule has 0 bridgehead atoms. The third kappa shape index (κ3) is 22.4. The normalized spacial score (nSPS) is 49.1. The minimum atomic E-state index is -3.10. The number of aliphatic carboxylic acids is 1. The van der Waals surface area contributed by atoms with Gasteiger partial charge in [-0.1, -0.05) is 0 Å². The maximum absolute atomic E-state index is 13.2. The third-order valence-corrected chi connectivity index (χ3v) is 23.0. The molecule has 57 heteroatoms. The summed E-state index contributed by atoms with van der Waals surface area (Å²) >= 11 is 0. The molecule has 0 aliphatic carbocycles. The van der Waals surface area contributed by atoms with Crippen LogP contribution in [0.5, 0.6) is 0 Å². The Balaban J connectivity index is 0.947. The SMILES string of the molecule is CC(=O)N[C@@H]1[C@@H](O)[C@H](O[C@@H]2O[C@H](CO)[C@@H](O[C@@H]3O[C@H](CO[C@H]4O[C@H](CO)[C@@H](O)[C@H](O[C@H]5O[C@H](CO)[C@@H](O)[C@H](O)[C@@H]5O[C@H]5O[C@H](CO)[C@@H](O)[C@H](O)[C@@H]5O)[C@@H]4O)[C@@H](O)[C@H](O[C@H]4O[C@H](CO)[C@@H](O)[C@H](O)[C@@H]4O[C@@H]4O[C@H](CO)[C@@H](O[C@@H]5O[C@H](CO[C@]6(C(=O)O)C[C@H](O)[C@@H](O)[C@H]([C@H](O)[C@H](O)CO)O6)[C@H](O)[C@H](O)[C@H]5O)[C@H](O)[C@H]4NC(C)=O)[C@@H]3O)[C@H](O)[C@H]2NC(C)=O)[C@@H](CO)O[C@H]1O. The molecule has 126 heavy (non-hydrogen) atoms. The quantitative estimate of drug-likeness (QED) is 0.0284. The molecule has 34 N–H and O–H groups in total. The van der Waals surface area contributed by atoms with Gasteiger partial charge in [-0.25, -0.2) is 4.79 Å². The van der Waals surface area contributed by atoms with E-state index >= 15 is 0 Å². The largest absolute Gasteiger partial charge is 0.477 e. The van der Waals surface area contributed by atoms with Crippen LogP contribution in [-0.4, -0.2) is 561 Å². The molecule has 10 aliphatic heterocycles. The second kappa shape index (κ2) is 44.8. The topological polar surface area (TPSA) is 907 Å². The number of hydrogen-bond donors (Lipinski definition) is 34. The third-order valence-electron chi connectivity index (χ3n) is 23.0. The van der Waals surface area contributed by atoms with E-state index in [0.717, 1.165) is 20.8 Å². The zero-order valence-electron chi connectivity index (χ0n) is 66.9. The van der Waals surface area contributed by atoms with Gasteiger partial charge in [0.1, 0.15) is 244 Å². The molecular weight excluding hydrogens is 1730 g/mol. The fraction of sp³-hybridized carbons (Fsp3) is 0.942. The van der Waals surface area contributed by atoms with E-state index in [1.54, 1.807) is 0 Å². The molecule has 10 heterocycles. The van der Waals surface area contributed by atoms with Crippen molar-refractivity contribution < 1.29 is 267 Å². The summed E-state index contributed by atoms with van der Waals surface area (Å²) in [6.07, 6.45) is -104. The molecule has 57 nitrogen and oxygen atoms in total. The van der Waals surface area contributed by atoms with Crippen molar-refractivity contribution in [2.24, 2.45) is 0 Å². The van der Waals surface area contributed by atoms with Gasteiger partial charge in [-0.15, -0.1) is 0 Å². The number of carbonyl (C=O) groups is 4. The molecular formula is C69H115N3O54. The molecule has 10 rings (SSSR count). The Kier molecular flexibility index (Phi) is 37.0. The number of ether oxygens (including phenoxy) is 19. The molecule has 0 unspecified atom stereocenters. The van der Waals surface area contributed by atoms with Gasteiger partial charge in [0.25, 0.3) is 5.79 Å². The lowest BCUT2D eigenvalue weighted by atomic mass is 9.90. The Hall–Kier alpha value is -4.08. The van der Waals surface area contributed by atoms with Gasteiger partial charge in [0.15, 0.2) is 56.6 Å². The molecule has 0 aromatic heterocycles. The number of nitrogens with one attached hydrogen (secondary N) is 3. The van der Waals surface area contributed by atoms with Crippen molar-refractivity contribution in [3.8, 4) is 0 Å². The summed E-state index contributed by atoms with van der Waals surface area (Å²) in [6, 6.07) is -5.76. The highest BCUT2D eigenvalue weighted by molar-refractivity contribution is 5.76. The van der Waals surface area contributed by atoms with Crippen LogP contribution in [0.25, 0.3) is 0 Å². The van der Waals surface area contributed by atoms with Gasteiger partial charge in [0.05, 0.1) is 72.2 Å². The van der Waals surface area contributed by atoms with E-state index < -0.39 is 409 Å². The fourth-order valence-electron chi connectivity index (χ4n) is 16.1. The van der Waals surface area contributed by atoms with Crippen LogP contribution in [0.2, 0.25) is 0 Å². The maximum atomic E-state index is 13.2. The molecule has 3 amide bonds. The first-order valence-corrected chi connectivity index (χ1v) is 39.8. The van der Waals surface area contributed by atoms with Gasteiger partial charge in [-0.3, -0.25) is 14.4 Å². The van der Waals surface area contributed by atoms with Crippen molar-refractivity contribution in [2.75, 3.05) is 66.1 Å². The Morgan fingerprint density at radius 1 is 0.325 bits per heavy atom. The number of carboxylic acids is 1. The molecule has 0 radical (unpaired) electrons. The predicted octanol–water partition coefficient (Wildman–Crippen LogP) is -23.2. The summed E-state index contributed by atoms with van der Waals surface area (Å²) < 4.78 is 111. The van der Waals surface area contributed by atoms with Gasteiger partial charge in [-0.05, 0) is 0 Å². The smallest absolute Gasteiger partial charge is 0.364 e. The minimum Gasteiger partial charge on any atom is -0.477 e. The molecule has 730 valence electrons. The molecule has 10 aliphatic rings. The summed E-state index contributed by atoms with van der Waals surface area (Å²) in [6.45, 7) is -8.97. The standard InChI is InChI=1S/C69H115N3O54/c1-15(81)70-29-40(94)51(24(10-78)110-59(29)105)119-60-30(71-16(2)82)41(95)53(26(12-80)115-60)121-65-50(104)55(39(93)27(117-65)13-108-62-49(103)54(38(92)23(9-77)111-62)122-67-58(46(100)36(90)22(8-76)114-67)125-63-47(101)43(97)34(88)20(6-74)112-63)123-66-57(45(99)35(89)21(7-75)113-66)124-61-31(72-17(3)83)42(96)52(25(11-79)116-61)120-64-48(102)44(98)37(91)28(118-64)14-109-69(68(106)107)4-18(84)32(86)56(126-69)33(87)19(85)5-73/h18-67,73-80,84-105H,4-14H2,1-3H3,(H,70,81)(H,71,82)(H,72,83)(H,106,107)/t18-,19+,20+,21+,22+,23+,24+,25+,26+,27+,28+,29+,30+,31+,32+,33+,34+,35+,36+,37-,38+,39+,40+,41+,42+,43-,44-,45-,46-,47-,48+,49-,50-,51+,52+,53+,54-,55-,56+,57-,58-,59+,60-,61-,62-,63+,64-,65-,66+,67+,69+/m0/s1. The van der Waals surface area contributed by atoms with Crippen molar-refractivity contribution in [1.82, 2.24) is 16.0 Å². The van der Waals surface area contributed by atoms with E-state index in [0.29, 0.717) is 0 Å². The zero-order chi connectivity index (χ0) is 93.0. The van der Waals surface area contributed by atoms with Gasteiger partial charge >= 0.3 is 5.97 Å². The van der Waals surface area contributed by atoms with Crippen LogP contribution in [0, 0.1) is 0 Å². The molecule has 51 atom stereocenters. The Bertz CT molecular complexity index is 3420. The van der Waals surface area contributed by atoms with Crippen molar-refractivity contribution in [3.63, 3.8) is 0 Å². The van der Waals surface area contributed by atoms with Crippen molar-refractivity contribution in [2.45, 2.75) is 340 Å². The molecule has 0 saturated carbocycles. The number of rotatable bonds is 34. The van der Waals surface area contributed by atoms with Crippen LogP contribution in [0.15, 0.2) is 0 Å². The lowest BCUT2D eigenvalue weighted by Crippen LogP contribution is -2.71. The van der Waals surface area contributed by atoms with Gasteiger partial charge in [0.2, 0.25) is 17.7 Å². The summed E-state index contributed by atoms with van der Waals surface area (Å²) in [5.41, 5.74) is 0. The lowest BCUT2D eigenvalue weighted by molar-refractivity contribution is -0.400. The van der Waals surface area contributed by atoms with Crippen molar-refractivity contribution in [3.05, 3.63) is 0 Å². The number of amides is 3. The first-order chi connectivity index (χ1) is 59.5. The second-order valence-electron chi connectivity index (χ2n) is 31.7. The molecule has 0 aromatic carbocycles. The molecule has 0 spiro atoms. The van der Waals surface area contributed by atoms with E-state index in [2.05, 4.69) is 16.0 Å². The van der Waals surface area contributed by atoms with Crippen molar-refractivity contribution >= 4 is 23.7 Å². The molecule has 10 fully saturated rings. The molecule has 10 saturated heterocycles. The van der Waals surface area contributed by atoms with E-state index in [-0.39, 0.29) is 0 Å². The average molecular weight is 1850 g/mol. The van der Waals surface area contributed by atoms with E-state index in [9.17, 15) is 177 Å². The Labute approximate surface area is 711 Å². The highest BCUT2D eigenvalue weighted by Crippen LogP contribution is 2.42. The Morgan fingerprint density at radius 3 is 1.07 bits per heavy atom. The summed E-state index contributed by atoms with van der Waals surface area (Å²) in [5.74, 6) is -8.01. The van der Waals surface area contributed by atoms with Crippen molar-refractivity contribution in [1.29, 1.82) is 0 Å². The van der Waals surface area contributed by atoms with Crippen LogP contribution in [0.1, 0.15) is 27.2 Å². The van der Waals surface area contributed by atoms with Gasteiger partial charge in [-0.2, -0.15) is 0 Å². The number of hydrogen-bond acceptors (Lipinski definition) is 53. The summed E-state index contributed by atoms with van der Waals surface area (Å²) in [7, 11) is 0. The van der Waals surface area contributed by atoms with Gasteiger partial charge in [0, 0.05) is 27.2 Å². The number of aliphatic hydroxyl groups is 30. The second-order valence-corrected chi connectivity index (χ2v) is 31.7. The minimum absolute atomic E-state index is 0.810. The lowest BCUT2D eigenvalue weighted by Gasteiger charge is -2.51. The summed E-state index contributed by atoms with van der Waals surface area (Å²) in [4.78, 5) is 51.2. The maximum Gasteiger partial charge on any atom is 0.364 e. The average Bonchev–Trinajstić information content (AvgIpc) is 0.777. The fourth-order valence-corrected chi connectivity index (χ4v) is 16.1. The van der Waals surface area contributed by atoms with Crippen LogP contribution in [-0.2, 0) is 109 Å². The first kappa shape index (κ1) is 104. The monoisotopic (exact) mass is 1850 g/mol. The predicted molar refractivity (Wildman–Crippen MR) is 382 cm³/mol. The number of carboxylic acid groups (broad SMARTS) is 1. The van der Waals surface area contributed by atoms with E-state index in [1.165, 1.54) is 0 Å². The zero-order valence-corrected chi connectivity index (χ0v) is 66.9. The Morgan fingerprint density at radius 2 is 0.643 bits per heavy atom. The van der Waals surface area contributed by atoms with Crippen LogP contribution < -0.4 is 16.0 Å². The highest BCUT2D eigenvalue weighted by atomic mass is 16.8. The number of aliphatic hydroxyl groups excluding tert-OH is 30.